The van der Waals surface area contributed by atoms with E-state index in [4.69, 9.17) is 10.9 Å². The molecule has 0 fully saturated rings. The first-order valence-electron chi connectivity index (χ1n) is 3.53. The first-order valence-corrected chi connectivity index (χ1v) is 3.53. The number of benzene rings is 1. The summed E-state index contributed by atoms with van der Waals surface area (Å²) in [6, 6.07) is 9.64. The normalized spacial score (nSPS) is 12.2. The predicted molar refractivity (Wildman–Crippen MR) is 48.9 cm³/mol. The zero-order valence-electron chi connectivity index (χ0n) is 6.51. The zero-order valence-corrected chi connectivity index (χ0v) is 6.51. The van der Waals surface area contributed by atoms with Gasteiger partial charge in [0.2, 0.25) is 0 Å². The van der Waals surface area contributed by atoms with Crippen LogP contribution in [-0.4, -0.2) is 11.0 Å². The van der Waals surface area contributed by atoms with Gasteiger partial charge in [0.15, 0.2) is 5.84 Å². The van der Waals surface area contributed by atoms with Crippen LogP contribution in [0.25, 0.3) is 6.08 Å². The molecular weight excluding hydrogens is 152 g/mol. The lowest BCUT2D eigenvalue weighted by Crippen LogP contribution is -2.06. The van der Waals surface area contributed by atoms with Crippen molar-refractivity contribution in [3.05, 3.63) is 42.0 Å². The Bertz CT molecular complexity index is 291. The Hall–Kier alpha value is -1.77. The van der Waals surface area contributed by atoms with Gasteiger partial charge in [0, 0.05) is 0 Å². The summed E-state index contributed by atoms with van der Waals surface area (Å²) in [5.74, 6) is 0.0962. The van der Waals surface area contributed by atoms with Crippen LogP contribution in [0.1, 0.15) is 5.56 Å². The van der Waals surface area contributed by atoms with Gasteiger partial charge in [-0.05, 0) is 11.6 Å². The van der Waals surface area contributed by atoms with Crippen LogP contribution in [-0.2, 0) is 0 Å². The maximum atomic E-state index is 8.22. The summed E-state index contributed by atoms with van der Waals surface area (Å²) in [5.41, 5.74) is 6.25. The Morgan fingerprint density at radius 1 is 1.33 bits per heavy atom. The van der Waals surface area contributed by atoms with Crippen molar-refractivity contribution < 1.29 is 5.21 Å². The van der Waals surface area contributed by atoms with E-state index in [-0.39, 0.29) is 5.84 Å². The fraction of sp³-hybridized carbons (Fsp3) is 0. The van der Waals surface area contributed by atoms with Crippen LogP contribution in [0.5, 0.6) is 0 Å². The Balaban J connectivity index is 2.70. The predicted octanol–water partition coefficient (Wildman–Crippen LogP) is 1.45. The lowest BCUT2D eigenvalue weighted by Gasteiger charge is -1.90. The van der Waals surface area contributed by atoms with Crippen molar-refractivity contribution >= 4 is 11.9 Å². The molecular formula is C9H10N2O. The molecule has 0 atom stereocenters. The fourth-order valence-electron chi connectivity index (χ4n) is 0.779. The minimum Gasteiger partial charge on any atom is -0.409 e. The molecule has 1 aromatic carbocycles. The SMILES string of the molecule is NC(/C=C/c1ccccc1)=N\O. The zero-order chi connectivity index (χ0) is 8.81. The van der Waals surface area contributed by atoms with E-state index in [0.29, 0.717) is 0 Å². The van der Waals surface area contributed by atoms with E-state index in [2.05, 4.69) is 5.16 Å². The van der Waals surface area contributed by atoms with Crippen LogP contribution in [0.4, 0.5) is 0 Å². The summed E-state index contributed by atoms with van der Waals surface area (Å²) in [4.78, 5) is 0. The minimum absolute atomic E-state index is 0.0962. The van der Waals surface area contributed by atoms with Gasteiger partial charge in [0.1, 0.15) is 0 Å². The topological polar surface area (TPSA) is 58.6 Å². The molecule has 3 heteroatoms. The van der Waals surface area contributed by atoms with Crippen molar-refractivity contribution in [2.75, 3.05) is 0 Å². The summed E-state index contributed by atoms with van der Waals surface area (Å²) < 4.78 is 0. The van der Waals surface area contributed by atoms with Crippen molar-refractivity contribution in [3.63, 3.8) is 0 Å². The van der Waals surface area contributed by atoms with Gasteiger partial charge in [0.05, 0.1) is 0 Å². The molecule has 0 bridgehead atoms. The van der Waals surface area contributed by atoms with Crippen LogP contribution in [0.15, 0.2) is 41.6 Å². The van der Waals surface area contributed by atoms with Gasteiger partial charge >= 0.3 is 0 Å². The van der Waals surface area contributed by atoms with Crippen LogP contribution >= 0.6 is 0 Å². The van der Waals surface area contributed by atoms with Crippen molar-refractivity contribution in [2.24, 2.45) is 10.9 Å². The lowest BCUT2D eigenvalue weighted by molar-refractivity contribution is 0.319. The second kappa shape index (κ2) is 4.18. The number of amidine groups is 1. The van der Waals surface area contributed by atoms with Crippen molar-refractivity contribution in [1.82, 2.24) is 0 Å². The van der Waals surface area contributed by atoms with E-state index >= 15 is 0 Å². The molecule has 0 saturated carbocycles. The number of nitrogens with zero attached hydrogens (tertiary/aromatic N) is 1. The lowest BCUT2D eigenvalue weighted by atomic mass is 10.2. The molecule has 0 heterocycles. The third-order valence-electron chi connectivity index (χ3n) is 1.36. The molecule has 0 aliphatic rings. The van der Waals surface area contributed by atoms with Crippen LogP contribution in [0.2, 0.25) is 0 Å². The number of nitrogens with two attached hydrogens (primary N) is 1. The highest BCUT2D eigenvalue weighted by molar-refractivity contribution is 5.94. The monoisotopic (exact) mass is 162 g/mol. The highest BCUT2D eigenvalue weighted by Gasteiger charge is 1.84. The molecule has 62 valence electrons. The highest BCUT2D eigenvalue weighted by Crippen LogP contribution is 1.99. The molecule has 0 saturated heterocycles. The Labute approximate surface area is 70.8 Å². The molecule has 0 aliphatic carbocycles. The molecule has 0 aromatic heterocycles. The molecule has 3 N–H and O–H groups in total. The van der Waals surface area contributed by atoms with E-state index in [1.165, 1.54) is 6.08 Å². The van der Waals surface area contributed by atoms with Crippen molar-refractivity contribution in [2.45, 2.75) is 0 Å². The first kappa shape index (κ1) is 8.33. The van der Waals surface area contributed by atoms with E-state index in [1.54, 1.807) is 6.08 Å². The van der Waals surface area contributed by atoms with Gasteiger partial charge < -0.3 is 10.9 Å². The standard InChI is InChI=1S/C9H10N2O/c10-9(11-12)7-6-8-4-2-1-3-5-8/h1-7,12H,(H2,10,11)/b7-6+. The van der Waals surface area contributed by atoms with Gasteiger partial charge in [-0.3, -0.25) is 0 Å². The van der Waals surface area contributed by atoms with Crippen LogP contribution < -0.4 is 5.73 Å². The summed E-state index contributed by atoms with van der Waals surface area (Å²) in [5, 5.41) is 11.0. The average Bonchev–Trinajstić information content (AvgIpc) is 2.16. The van der Waals surface area contributed by atoms with Crippen LogP contribution in [0, 0.1) is 0 Å². The van der Waals surface area contributed by atoms with Crippen molar-refractivity contribution in [1.29, 1.82) is 0 Å². The second-order valence-corrected chi connectivity index (χ2v) is 2.27. The molecule has 1 aromatic rings. The maximum absolute atomic E-state index is 8.22. The van der Waals surface area contributed by atoms with E-state index < -0.39 is 0 Å². The Morgan fingerprint density at radius 3 is 2.58 bits per heavy atom. The Morgan fingerprint density at radius 2 is 2.00 bits per heavy atom. The third kappa shape index (κ3) is 2.46. The van der Waals surface area contributed by atoms with E-state index in [9.17, 15) is 0 Å². The van der Waals surface area contributed by atoms with Gasteiger partial charge in [-0.15, -0.1) is 0 Å². The third-order valence-corrected chi connectivity index (χ3v) is 1.36. The summed E-state index contributed by atoms with van der Waals surface area (Å²) in [6.07, 6.45) is 3.31. The number of hydrogen-bond donors (Lipinski definition) is 2. The van der Waals surface area contributed by atoms with E-state index in [1.807, 2.05) is 30.3 Å². The number of hydrogen-bond acceptors (Lipinski definition) is 2. The molecule has 0 unspecified atom stereocenters. The molecule has 0 amide bonds. The smallest absolute Gasteiger partial charge is 0.162 e. The van der Waals surface area contributed by atoms with Gasteiger partial charge in [0.25, 0.3) is 0 Å². The van der Waals surface area contributed by atoms with Gasteiger partial charge in [-0.2, -0.15) is 0 Å². The number of oxime groups is 1. The van der Waals surface area contributed by atoms with Gasteiger partial charge in [-0.1, -0.05) is 41.6 Å². The Kier molecular flexibility index (Phi) is 2.90. The first-order chi connectivity index (χ1) is 5.83. The molecule has 0 aliphatic heterocycles. The molecule has 12 heavy (non-hydrogen) atoms. The highest BCUT2D eigenvalue weighted by atomic mass is 16.4. The van der Waals surface area contributed by atoms with Crippen LogP contribution in [0.3, 0.4) is 0 Å². The molecule has 3 nitrogen and oxygen atoms in total. The van der Waals surface area contributed by atoms with Gasteiger partial charge in [-0.25, -0.2) is 0 Å². The molecule has 1 rings (SSSR count). The number of rotatable bonds is 2. The summed E-state index contributed by atoms with van der Waals surface area (Å²) in [7, 11) is 0. The average molecular weight is 162 g/mol. The molecule has 0 radical (unpaired) electrons. The largest absolute Gasteiger partial charge is 0.409 e. The van der Waals surface area contributed by atoms with Crippen molar-refractivity contribution in [3.8, 4) is 0 Å². The quantitative estimate of drug-likeness (QED) is 0.299. The summed E-state index contributed by atoms with van der Waals surface area (Å²) >= 11 is 0. The second-order valence-electron chi connectivity index (χ2n) is 2.27. The molecule has 0 spiro atoms. The summed E-state index contributed by atoms with van der Waals surface area (Å²) in [6.45, 7) is 0. The minimum atomic E-state index is 0.0962. The van der Waals surface area contributed by atoms with E-state index in [0.717, 1.165) is 5.56 Å². The maximum Gasteiger partial charge on any atom is 0.162 e. The fourth-order valence-corrected chi connectivity index (χ4v) is 0.779.